The van der Waals surface area contributed by atoms with Crippen molar-refractivity contribution in [3.05, 3.63) is 65.5 Å². The highest BCUT2D eigenvalue weighted by atomic mass is 35.5. The molecule has 108 valence electrons. The summed E-state index contributed by atoms with van der Waals surface area (Å²) < 4.78 is 29.2. The molecule has 3 aromatic rings. The van der Waals surface area contributed by atoms with Gasteiger partial charge >= 0.3 is 0 Å². The fourth-order valence-corrected chi connectivity index (χ4v) is 2.58. The molecule has 2 aromatic carbocycles. The predicted octanol–water partition coefficient (Wildman–Crippen LogP) is 4.14. The van der Waals surface area contributed by atoms with Gasteiger partial charge in [-0.05, 0) is 11.6 Å². The fraction of sp³-hybridized carbons (Fsp3) is 0.188. The van der Waals surface area contributed by atoms with Gasteiger partial charge in [0.05, 0.1) is 5.52 Å². The molecule has 21 heavy (non-hydrogen) atoms. The van der Waals surface area contributed by atoms with Gasteiger partial charge in [0.25, 0.3) is 0 Å². The monoisotopic (exact) mass is 306 g/mol. The van der Waals surface area contributed by atoms with Crippen LogP contribution in [0.25, 0.3) is 11.0 Å². The zero-order valence-corrected chi connectivity index (χ0v) is 11.9. The minimum atomic E-state index is -0.646. The summed E-state index contributed by atoms with van der Waals surface area (Å²) in [5.41, 5.74) is 1.68. The molecule has 0 radical (unpaired) electrons. The third-order valence-electron chi connectivity index (χ3n) is 3.35. The number of halogens is 3. The van der Waals surface area contributed by atoms with Crippen LogP contribution in [0.1, 0.15) is 11.4 Å². The first-order chi connectivity index (χ1) is 10.2. The van der Waals surface area contributed by atoms with Gasteiger partial charge in [-0.15, -0.1) is 11.6 Å². The van der Waals surface area contributed by atoms with Crippen LogP contribution in [0.5, 0.6) is 0 Å². The lowest BCUT2D eigenvalue weighted by Crippen LogP contribution is -2.06. The first-order valence-electron chi connectivity index (χ1n) is 6.63. The summed E-state index contributed by atoms with van der Waals surface area (Å²) in [6, 6.07) is 11.9. The molecule has 0 aliphatic carbocycles. The largest absolute Gasteiger partial charge is 0.323 e. The third kappa shape index (κ3) is 2.76. The first kappa shape index (κ1) is 14.0. The fourth-order valence-electron chi connectivity index (χ4n) is 2.42. The standard InChI is InChI=1S/C16H13ClF2N2/c17-7-6-15-20-16-13(19)8-12(18)9-14(16)21(15)10-11-4-2-1-3-5-11/h1-5,8-9H,6-7,10H2. The van der Waals surface area contributed by atoms with Gasteiger partial charge in [-0.2, -0.15) is 0 Å². The third-order valence-corrected chi connectivity index (χ3v) is 3.54. The summed E-state index contributed by atoms with van der Waals surface area (Å²) in [6.07, 6.45) is 0.504. The molecule has 0 aliphatic heterocycles. The predicted molar refractivity (Wildman–Crippen MR) is 79.6 cm³/mol. The molecule has 5 heteroatoms. The lowest BCUT2D eigenvalue weighted by Gasteiger charge is -2.08. The summed E-state index contributed by atoms with van der Waals surface area (Å²) in [5.74, 6) is -0.213. The topological polar surface area (TPSA) is 17.8 Å². The molecule has 0 spiro atoms. The van der Waals surface area contributed by atoms with Crippen molar-refractivity contribution in [1.82, 2.24) is 9.55 Å². The molecule has 0 bridgehead atoms. The van der Waals surface area contributed by atoms with Gasteiger partial charge in [0.15, 0.2) is 5.82 Å². The van der Waals surface area contributed by atoms with Gasteiger partial charge in [0.1, 0.15) is 17.2 Å². The van der Waals surface area contributed by atoms with Gasteiger partial charge < -0.3 is 4.57 Å². The van der Waals surface area contributed by atoms with Gasteiger partial charge in [-0.3, -0.25) is 0 Å². The Morgan fingerprint density at radius 1 is 1.10 bits per heavy atom. The highest BCUT2D eigenvalue weighted by molar-refractivity contribution is 6.17. The van der Waals surface area contributed by atoms with Gasteiger partial charge in [0, 0.05) is 24.9 Å². The van der Waals surface area contributed by atoms with Crippen LogP contribution in [-0.4, -0.2) is 15.4 Å². The highest BCUT2D eigenvalue weighted by Gasteiger charge is 2.15. The molecular formula is C16H13ClF2N2. The van der Waals surface area contributed by atoms with Gasteiger partial charge in [-0.1, -0.05) is 30.3 Å². The van der Waals surface area contributed by atoms with E-state index in [0.717, 1.165) is 11.6 Å². The molecule has 0 saturated heterocycles. The van der Waals surface area contributed by atoms with Crippen molar-refractivity contribution in [3.8, 4) is 0 Å². The normalized spacial score (nSPS) is 11.2. The Bertz CT molecular complexity index is 769. The molecule has 1 heterocycles. The Morgan fingerprint density at radius 3 is 2.57 bits per heavy atom. The minimum Gasteiger partial charge on any atom is -0.323 e. The average Bonchev–Trinajstić information content (AvgIpc) is 2.79. The number of hydrogen-bond donors (Lipinski definition) is 0. The molecule has 0 atom stereocenters. The van der Waals surface area contributed by atoms with E-state index >= 15 is 0 Å². The van der Waals surface area contributed by atoms with Crippen molar-refractivity contribution < 1.29 is 8.78 Å². The van der Waals surface area contributed by atoms with Crippen LogP contribution in [0.3, 0.4) is 0 Å². The number of nitrogens with zero attached hydrogens (tertiary/aromatic N) is 2. The van der Waals surface area contributed by atoms with Crippen LogP contribution in [-0.2, 0) is 13.0 Å². The van der Waals surface area contributed by atoms with Gasteiger partial charge in [-0.25, -0.2) is 13.8 Å². The number of aryl methyl sites for hydroxylation is 1. The van der Waals surface area contributed by atoms with Crippen LogP contribution < -0.4 is 0 Å². The second-order valence-electron chi connectivity index (χ2n) is 4.79. The van der Waals surface area contributed by atoms with E-state index in [1.807, 2.05) is 34.9 Å². The zero-order chi connectivity index (χ0) is 14.8. The number of fused-ring (bicyclic) bond motifs is 1. The maximum Gasteiger partial charge on any atom is 0.153 e. The van der Waals surface area contributed by atoms with Crippen molar-refractivity contribution >= 4 is 22.6 Å². The lowest BCUT2D eigenvalue weighted by atomic mass is 10.2. The van der Waals surface area contributed by atoms with Gasteiger partial charge in [0.2, 0.25) is 0 Å². The molecule has 0 saturated carbocycles. The first-order valence-corrected chi connectivity index (χ1v) is 7.16. The van der Waals surface area contributed by atoms with Crippen LogP contribution in [0.15, 0.2) is 42.5 Å². The van der Waals surface area contributed by atoms with E-state index in [9.17, 15) is 8.78 Å². The number of alkyl halides is 1. The molecule has 0 fully saturated rings. The van der Waals surface area contributed by atoms with E-state index in [2.05, 4.69) is 4.98 Å². The van der Waals surface area contributed by atoms with Crippen molar-refractivity contribution in [3.63, 3.8) is 0 Å². The molecule has 0 N–H and O–H groups in total. The second kappa shape index (κ2) is 5.82. The van der Waals surface area contributed by atoms with E-state index in [0.29, 0.717) is 30.2 Å². The Morgan fingerprint density at radius 2 is 1.86 bits per heavy atom. The second-order valence-corrected chi connectivity index (χ2v) is 5.17. The Balaban J connectivity index is 2.16. The van der Waals surface area contributed by atoms with Crippen LogP contribution in [0.4, 0.5) is 8.78 Å². The SMILES string of the molecule is Fc1cc(F)c2nc(CCCl)n(Cc3ccccc3)c2c1. The Kier molecular flexibility index (Phi) is 3.88. The summed E-state index contributed by atoms with van der Waals surface area (Å²) in [7, 11) is 0. The van der Waals surface area contributed by atoms with E-state index in [1.165, 1.54) is 6.07 Å². The van der Waals surface area contributed by atoms with E-state index in [4.69, 9.17) is 11.6 Å². The van der Waals surface area contributed by atoms with Crippen molar-refractivity contribution in [1.29, 1.82) is 0 Å². The highest BCUT2D eigenvalue weighted by Crippen LogP contribution is 2.22. The summed E-state index contributed by atoms with van der Waals surface area (Å²) in [5, 5.41) is 0. The Labute approximate surface area is 126 Å². The van der Waals surface area contributed by atoms with Crippen molar-refractivity contribution in [2.45, 2.75) is 13.0 Å². The van der Waals surface area contributed by atoms with Crippen molar-refractivity contribution in [2.75, 3.05) is 5.88 Å². The van der Waals surface area contributed by atoms with E-state index < -0.39 is 11.6 Å². The molecule has 0 amide bonds. The molecule has 0 unspecified atom stereocenters. The average molecular weight is 307 g/mol. The van der Waals surface area contributed by atoms with Crippen LogP contribution in [0, 0.1) is 11.6 Å². The molecular weight excluding hydrogens is 294 g/mol. The number of benzene rings is 2. The molecule has 1 aromatic heterocycles. The zero-order valence-electron chi connectivity index (χ0n) is 11.2. The summed E-state index contributed by atoms with van der Waals surface area (Å²) in [6.45, 7) is 0.506. The maximum absolute atomic E-state index is 13.9. The number of hydrogen-bond acceptors (Lipinski definition) is 1. The molecule has 0 aliphatic rings. The maximum atomic E-state index is 13.9. The lowest BCUT2D eigenvalue weighted by molar-refractivity contribution is 0.590. The molecule has 3 rings (SSSR count). The quantitative estimate of drug-likeness (QED) is 0.662. The van der Waals surface area contributed by atoms with E-state index in [1.54, 1.807) is 0 Å². The summed E-state index contributed by atoms with van der Waals surface area (Å²) >= 11 is 5.79. The van der Waals surface area contributed by atoms with Crippen LogP contribution >= 0.6 is 11.6 Å². The Hall–Kier alpha value is -1.94. The van der Waals surface area contributed by atoms with E-state index in [-0.39, 0.29) is 5.52 Å². The van der Waals surface area contributed by atoms with Crippen molar-refractivity contribution in [2.24, 2.45) is 0 Å². The number of rotatable bonds is 4. The minimum absolute atomic E-state index is 0.187. The molecule has 2 nitrogen and oxygen atoms in total. The summed E-state index contributed by atoms with van der Waals surface area (Å²) in [4.78, 5) is 4.28. The number of aromatic nitrogens is 2. The number of imidazole rings is 1. The van der Waals surface area contributed by atoms with Crippen LogP contribution in [0.2, 0.25) is 0 Å². The smallest absolute Gasteiger partial charge is 0.153 e.